The van der Waals surface area contributed by atoms with E-state index in [-0.39, 0.29) is 34.4 Å². The molecule has 0 radical (unpaired) electrons. The predicted molar refractivity (Wildman–Crippen MR) is 182 cm³/mol. The maximum absolute atomic E-state index is 14.6. The smallest absolute Gasteiger partial charge is 0.318 e. The molecule has 1 spiro atoms. The molecule has 8 atom stereocenters. The minimum Gasteiger partial charge on any atom is -0.461 e. The zero-order valence-corrected chi connectivity index (χ0v) is 27.7. The van der Waals surface area contributed by atoms with Crippen LogP contribution in [0, 0.1) is 17.3 Å². The fourth-order valence-corrected chi connectivity index (χ4v) is 10.3. The predicted octanol–water partition coefficient (Wildman–Crippen LogP) is 7.81. The fraction of sp³-hybridized carbons (Fsp3) is 0.415. The molecule has 6 heteroatoms. The van der Waals surface area contributed by atoms with Gasteiger partial charge in [-0.25, -0.2) is 0 Å². The van der Waals surface area contributed by atoms with E-state index >= 15 is 0 Å². The summed E-state index contributed by atoms with van der Waals surface area (Å²) >= 11 is 0. The van der Waals surface area contributed by atoms with Gasteiger partial charge in [-0.15, -0.1) is 0 Å². The normalized spacial score (nSPS) is 35.6. The molecule has 3 heterocycles. The van der Waals surface area contributed by atoms with Crippen molar-refractivity contribution in [2.75, 3.05) is 0 Å². The van der Waals surface area contributed by atoms with Gasteiger partial charge in [-0.2, -0.15) is 0 Å². The van der Waals surface area contributed by atoms with Crippen LogP contribution in [-0.2, 0) is 35.6 Å². The van der Waals surface area contributed by atoms with Crippen molar-refractivity contribution in [2.45, 2.75) is 88.3 Å². The van der Waals surface area contributed by atoms with Crippen molar-refractivity contribution in [1.82, 2.24) is 4.98 Å². The number of allylic oxidation sites excluding steroid dienone is 3. The molecule has 1 saturated heterocycles. The van der Waals surface area contributed by atoms with E-state index in [1.54, 1.807) is 18.2 Å². The summed E-state index contributed by atoms with van der Waals surface area (Å²) in [5.41, 5.74) is 4.74. The van der Waals surface area contributed by atoms with Gasteiger partial charge in [0, 0.05) is 34.4 Å². The zero-order valence-electron chi connectivity index (χ0n) is 27.7. The largest absolute Gasteiger partial charge is 0.461 e. The van der Waals surface area contributed by atoms with Crippen molar-refractivity contribution >= 4 is 22.7 Å². The van der Waals surface area contributed by atoms with Gasteiger partial charge < -0.3 is 19.2 Å². The maximum Gasteiger partial charge on any atom is 0.318 e. The van der Waals surface area contributed by atoms with Gasteiger partial charge in [0.25, 0.3) is 0 Å². The van der Waals surface area contributed by atoms with E-state index in [0.29, 0.717) is 12.8 Å². The van der Waals surface area contributed by atoms with E-state index in [4.69, 9.17) is 14.2 Å². The molecule has 1 aromatic heterocycles. The second kappa shape index (κ2) is 10.2. The topological polar surface area (TPSA) is 77.6 Å². The first-order valence-corrected chi connectivity index (χ1v) is 16.9. The Morgan fingerprint density at radius 2 is 1.79 bits per heavy atom. The summed E-state index contributed by atoms with van der Waals surface area (Å²) < 4.78 is 20.2. The number of ketones is 1. The molecule has 6 nitrogen and oxygen atoms in total. The second-order valence-electron chi connectivity index (χ2n) is 15.1. The highest BCUT2D eigenvalue weighted by molar-refractivity contribution is 5.97. The maximum atomic E-state index is 14.6. The highest BCUT2D eigenvalue weighted by Gasteiger charge is 2.72. The molecule has 5 aliphatic rings. The van der Waals surface area contributed by atoms with Crippen LogP contribution in [0.5, 0.6) is 0 Å². The van der Waals surface area contributed by atoms with E-state index in [1.165, 1.54) is 16.6 Å². The molecule has 2 saturated carbocycles. The van der Waals surface area contributed by atoms with Gasteiger partial charge in [-0.05, 0) is 78.9 Å². The quantitative estimate of drug-likeness (QED) is 0.222. The lowest BCUT2D eigenvalue weighted by molar-refractivity contribution is -0.223. The summed E-state index contributed by atoms with van der Waals surface area (Å²) in [6.07, 6.45) is 8.82. The van der Waals surface area contributed by atoms with Crippen molar-refractivity contribution in [2.24, 2.45) is 17.3 Å². The van der Waals surface area contributed by atoms with Gasteiger partial charge in [-0.3, -0.25) is 9.59 Å². The number of aromatic amines is 1. The summed E-state index contributed by atoms with van der Waals surface area (Å²) in [4.78, 5) is 32.1. The molecule has 0 amide bonds. The van der Waals surface area contributed by atoms with E-state index in [0.717, 1.165) is 35.1 Å². The zero-order chi connectivity index (χ0) is 32.9. The van der Waals surface area contributed by atoms with Crippen LogP contribution in [0.15, 0.2) is 103 Å². The van der Waals surface area contributed by atoms with E-state index in [1.807, 2.05) is 50.3 Å². The van der Waals surface area contributed by atoms with Crippen LogP contribution in [0.3, 0.4) is 0 Å². The molecule has 2 aliphatic heterocycles. The number of para-hydroxylation sites is 1. The molecular formula is C41H43NO5. The molecular weight excluding hydrogens is 586 g/mol. The van der Waals surface area contributed by atoms with Crippen LogP contribution in [0.1, 0.15) is 69.7 Å². The Balaban J connectivity index is 1.27. The summed E-state index contributed by atoms with van der Waals surface area (Å²) in [7, 11) is 0. The average Bonchev–Trinajstić information content (AvgIpc) is 3.64. The number of ether oxygens (including phenoxy) is 3. The lowest BCUT2D eigenvalue weighted by Crippen LogP contribution is -2.64. The molecule has 47 heavy (non-hydrogen) atoms. The summed E-state index contributed by atoms with van der Waals surface area (Å²) in [6.45, 7) is 16.5. The number of hydrogen-bond acceptors (Lipinski definition) is 5. The molecule has 242 valence electrons. The Morgan fingerprint density at radius 1 is 1.04 bits per heavy atom. The third kappa shape index (κ3) is 4.04. The number of rotatable bonds is 6. The van der Waals surface area contributed by atoms with Crippen molar-refractivity contribution in [3.63, 3.8) is 0 Å². The van der Waals surface area contributed by atoms with Gasteiger partial charge in [0.1, 0.15) is 17.6 Å². The van der Waals surface area contributed by atoms with Crippen LogP contribution in [0.25, 0.3) is 10.9 Å². The Bertz CT molecular complexity index is 1900. The van der Waals surface area contributed by atoms with Crippen LogP contribution in [0.2, 0.25) is 0 Å². The van der Waals surface area contributed by atoms with Crippen LogP contribution >= 0.6 is 0 Å². The van der Waals surface area contributed by atoms with Gasteiger partial charge in [-0.1, -0.05) is 93.8 Å². The number of aromatic nitrogens is 1. The Kier molecular flexibility index (Phi) is 6.62. The van der Waals surface area contributed by atoms with Crippen LogP contribution in [-0.4, -0.2) is 40.3 Å². The minimum atomic E-state index is -1.02. The fourth-order valence-electron chi connectivity index (χ4n) is 10.3. The number of benzene rings is 2. The number of H-pyrrole nitrogens is 1. The van der Waals surface area contributed by atoms with Crippen molar-refractivity contribution in [3.05, 3.63) is 120 Å². The monoisotopic (exact) mass is 629 g/mol. The Hall–Kier alpha value is -4.00. The number of carbonyl (C=O) groups is 2. The first-order chi connectivity index (χ1) is 22.5. The summed E-state index contributed by atoms with van der Waals surface area (Å²) in [5.74, 6) is -2.18. The minimum absolute atomic E-state index is 0.0810. The van der Waals surface area contributed by atoms with E-state index < -0.39 is 29.5 Å². The first kappa shape index (κ1) is 30.3. The van der Waals surface area contributed by atoms with Crippen LogP contribution < -0.4 is 0 Å². The standard InChI is InChI=1S/C41H43NO5/c1-7-14-24(8-2)33(25-15-10-9-11-16-25)37(44)45-32-22-26-21-28-27-17-12-13-18-30(27)42-35(28)40(26,6)39(5)19-20-41-29(34(32)39)23-31(43)36(46-41)38(3,4)47-41/h7-18,23,26,32-34,36,42H,1-2,19-22H2,3-6H3/b24-14+/t26?,32-,33?,34?,36?,39?,40+,41?/m0/s1. The second-order valence-corrected chi connectivity index (χ2v) is 15.1. The van der Waals surface area contributed by atoms with E-state index in [9.17, 15) is 9.59 Å². The summed E-state index contributed by atoms with van der Waals surface area (Å²) in [5, 5.41) is 1.26. The van der Waals surface area contributed by atoms with Crippen molar-refractivity contribution < 1.29 is 23.8 Å². The van der Waals surface area contributed by atoms with Gasteiger partial charge >= 0.3 is 5.97 Å². The number of esters is 1. The van der Waals surface area contributed by atoms with Crippen LogP contribution in [0.4, 0.5) is 0 Å². The van der Waals surface area contributed by atoms with Crippen molar-refractivity contribution in [3.8, 4) is 0 Å². The Labute approximate surface area is 276 Å². The number of fused-ring (bicyclic) bond motifs is 9. The van der Waals surface area contributed by atoms with Gasteiger partial charge in [0.2, 0.25) is 0 Å². The number of carbonyl (C=O) groups excluding carboxylic acids is 2. The number of hydrogen-bond donors (Lipinski definition) is 1. The third-order valence-electron chi connectivity index (χ3n) is 12.5. The lowest BCUT2D eigenvalue weighted by Gasteiger charge is -2.63. The van der Waals surface area contributed by atoms with Gasteiger partial charge in [0.05, 0.1) is 0 Å². The molecule has 2 bridgehead atoms. The molecule has 2 aromatic carbocycles. The lowest BCUT2D eigenvalue weighted by atomic mass is 9.43. The molecule has 3 aromatic rings. The van der Waals surface area contributed by atoms with Crippen molar-refractivity contribution in [1.29, 1.82) is 0 Å². The average molecular weight is 630 g/mol. The Morgan fingerprint density at radius 3 is 2.53 bits per heavy atom. The highest BCUT2D eigenvalue weighted by Crippen LogP contribution is 2.70. The summed E-state index contributed by atoms with van der Waals surface area (Å²) in [6, 6.07) is 18.2. The van der Waals surface area contributed by atoms with Gasteiger partial charge in [0.15, 0.2) is 17.7 Å². The number of nitrogens with one attached hydrogen (secondary N) is 1. The third-order valence-corrected chi connectivity index (χ3v) is 12.5. The molecule has 3 aliphatic carbocycles. The van der Waals surface area contributed by atoms with E-state index in [2.05, 4.69) is 56.3 Å². The highest BCUT2D eigenvalue weighted by atomic mass is 16.8. The SMILES string of the molecule is C=C/C=C(\C=C)C(C(=O)O[C@H]1CC2Cc3c([nH]c4ccccc34)[C@]2(C)C2(C)CCC34OC(C(=O)C=C3C12)C(C)(C)O4)c1ccccc1. The molecule has 8 rings (SSSR count). The molecule has 1 N–H and O–H groups in total. The molecule has 3 fully saturated rings. The molecule has 6 unspecified atom stereocenters. The first-order valence-electron chi connectivity index (χ1n) is 16.9.